The summed E-state index contributed by atoms with van der Waals surface area (Å²) < 4.78 is 57.7. The number of halogens is 4. The summed E-state index contributed by atoms with van der Waals surface area (Å²) in [6.07, 6.45) is -1.32. The number of hydrogen-bond donors (Lipinski definition) is 3. The molecule has 4 atom stereocenters. The zero-order valence-electron chi connectivity index (χ0n) is 25.2. The number of carbonyl (C=O) groups excluding carboxylic acids is 3. The number of carbonyl (C=O) groups is 3. The Morgan fingerprint density at radius 1 is 1.07 bits per heavy atom. The molecule has 2 heterocycles. The first kappa shape index (κ1) is 31.9. The number of nitrogens with one attached hydrogen (secondary N) is 2. The van der Waals surface area contributed by atoms with Gasteiger partial charge in [0.25, 0.3) is 5.91 Å². The number of β-amino-alcohol motifs (C(OH)–C–C–N with tert-alkyl or cyclic N) is 1. The van der Waals surface area contributed by atoms with Gasteiger partial charge in [0.1, 0.15) is 23.6 Å². The zero-order valence-corrected chi connectivity index (χ0v) is 25.2. The molecular weight excluding hydrogens is 582 g/mol. The second kappa shape index (κ2) is 12.1. The van der Waals surface area contributed by atoms with Gasteiger partial charge in [-0.3, -0.25) is 19.1 Å². The van der Waals surface area contributed by atoms with Gasteiger partial charge in [-0.2, -0.15) is 18.3 Å². The highest BCUT2D eigenvalue weighted by atomic mass is 19.4. The average molecular weight is 622 g/mol. The fourth-order valence-corrected chi connectivity index (χ4v) is 6.57. The van der Waals surface area contributed by atoms with Crippen molar-refractivity contribution in [2.75, 3.05) is 11.9 Å². The van der Waals surface area contributed by atoms with Crippen molar-refractivity contribution in [1.29, 1.82) is 0 Å². The second-order valence-corrected chi connectivity index (χ2v) is 12.8. The third-order valence-corrected chi connectivity index (χ3v) is 9.07. The molecule has 2 saturated carbocycles. The quantitative estimate of drug-likeness (QED) is 0.333. The Bertz CT molecular complexity index is 1410. The van der Waals surface area contributed by atoms with Crippen molar-refractivity contribution in [3.8, 4) is 0 Å². The van der Waals surface area contributed by atoms with E-state index in [-0.39, 0.29) is 35.0 Å². The summed E-state index contributed by atoms with van der Waals surface area (Å²) in [6, 6.07) is 0.865. The third-order valence-electron chi connectivity index (χ3n) is 9.07. The number of anilines is 1. The monoisotopic (exact) mass is 621 g/mol. The highest BCUT2D eigenvalue weighted by Gasteiger charge is 2.51. The maximum atomic E-state index is 15.5. The van der Waals surface area contributed by atoms with E-state index in [0.29, 0.717) is 16.2 Å². The van der Waals surface area contributed by atoms with Crippen LogP contribution in [0, 0.1) is 30.5 Å². The summed E-state index contributed by atoms with van der Waals surface area (Å²) in [5.41, 5.74) is 0.727. The van der Waals surface area contributed by atoms with Crippen LogP contribution in [0.3, 0.4) is 0 Å². The van der Waals surface area contributed by atoms with Crippen LogP contribution >= 0.6 is 0 Å². The number of aromatic nitrogens is 2. The van der Waals surface area contributed by atoms with Crippen LogP contribution < -0.4 is 10.6 Å². The molecule has 3 N–H and O–H groups in total. The van der Waals surface area contributed by atoms with Crippen LogP contribution in [0.15, 0.2) is 24.4 Å². The van der Waals surface area contributed by atoms with Crippen LogP contribution in [-0.4, -0.2) is 68.4 Å². The molecule has 5 rings (SSSR count). The molecule has 0 spiro atoms. The van der Waals surface area contributed by atoms with Crippen LogP contribution in [0.5, 0.6) is 0 Å². The molecule has 2 aliphatic carbocycles. The molecule has 0 bridgehead atoms. The summed E-state index contributed by atoms with van der Waals surface area (Å²) in [4.78, 5) is 40.9. The zero-order chi connectivity index (χ0) is 32.1. The van der Waals surface area contributed by atoms with E-state index in [1.165, 1.54) is 19.2 Å². The molecule has 0 radical (unpaired) electrons. The molecule has 2 aromatic rings. The van der Waals surface area contributed by atoms with Crippen molar-refractivity contribution < 1.29 is 37.1 Å². The molecule has 1 aliphatic heterocycles. The Kier molecular flexibility index (Phi) is 8.80. The highest BCUT2D eigenvalue weighted by molar-refractivity contribution is 6.01. The minimum atomic E-state index is -4.71. The molecule has 3 amide bonds. The Balaban J connectivity index is 1.36. The van der Waals surface area contributed by atoms with Crippen LogP contribution in [0.25, 0.3) is 0 Å². The molecule has 13 heteroatoms. The lowest BCUT2D eigenvalue weighted by atomic mass is 9.88. The van der Waals surface area contributed by atoms with Crippen molar-refractivity contribution in [2.45, 2.75) is 96.1 Å². The number of aryl methyl sites for hydroxylation is 1. The number of alkyl halides is 3. The average Bonchev–Trinajstić information content (AvgIpc) is 3.87. The minimum absolute atomic E-state index is 0.0829. The van der Waals surface area contributed by atoms with Crippen LogP contribution in [0.2, 0.25) is 0 Å². The first-order chi connectivity index (χ1) is 20.7. The fourth-order valence-electron chi connectivity index (χ4n) is 6.57. The van der Waals surface area contributed by atoms with Gasteiger partial charge in [-0.1, -0.05) is 0 Å². The molecule has 44 heavy (non-hydrogen) atoms. The van der Waals surface area contributed by atoms with Crippen molar-refractivity contribution in [3.05, 3.63) is 47.0 Å². The Hall–Kier alpha value is -3.48. The van der Waals surface area contributed by atoms with E-state index in [1.807, 2.05) is 13.8 Å². The van der Waals surface area contributed by atoms with Crippen molar-refractivity contribution in [1.82, 2.24) is 20.0 Å². The van der Waals surface area contributed by atoms with E-state index in [4.69, 9.17) is 0 Å². The Morgan fingerprint density at radius 2 is 1.70 bits per heavy atom. The maximum Gasteiger partial charge on any atom is 0.408 e. The lowest BCUT2D eigenvalue weighted by Crippen LogP contribution is -2.50. The van der Waals surface area contributed by atoms with Gasteiger partial charge in [-0.15, -0.1) is 0 Å². The van der Waals surface area contributed by atoms with Gasteiger partial charge < -0.3 is 20.6 Å². The number of likely N-dealkylation sites (tertiary alicyclic amines) is 1. The van der Waals surface area contributed by atoms with Crippen molar-refractivity contribution >= 4 is 23.4 Å². The van der Waals surface area contributed by atoms with Crippen molar-refractivity contribution in [3.63, 3.8) is 0 Å². The van der Waals surface area contributed by atoms with E-state index in [2.05, 4.69) is 15.7 Å². The third kappa shape index (κ3) is 6.62. The summed E-state index contributed by atoms with van der Waals surface area (Å²) in [5.74, 6) is -3.42. The molecule has 3 aliphatic rings. The smallest absolute Gasteiger partial charge is 0.391 e. The number of amides is 3. The molecule has 9 nitrogen and oxygen atoms in total. The predicted molar refractivity (Wildman–Crippen MR) is 153 cm³/mol. The van der Waals surface area contributed by atoms with Gasteiger partial charge in [0.15, 0.2) is 0 Å². The topological polar surface area (TPSA) is 117 Å². The largest absolute Gasteiger partial charge is 0.408 e. The van der Waals surface area contributed by atoms with E-state index < -0.39 is 66.8 Å². The molecular formula is C31H39F4N5O4. The second-order valence-electron chi connectivity index (χ2n) is 12.8. The van der Waals surface area contributed by atoms with Gasteiger partial charge >= 0.3 is 6.18 Å². The summed E-state index contributed by atoms with van der Waals surface area (Å²) >= 11 is 0. The number of aliphatic hydroxyl groups excluding tert-OH is 1. The van der Waals surface area contributed by atoms with Crippen LogP contribution in [0.4, 0.5) is 23.2 Å². The number of aliphatic hydroxyl groups is 1. The summed E-state index contributed by atoms with van der Waals surface area (Å²) in [6.45, 7) is 6.29. The molecule has 1 aromatic heterocycles. The Labute approximate surface area is 253 Å². The van der Waals surface area contributed by atoms with Gasteiger partial charge in [-0.25, -0.2) is 4.39 Å². The number of nitrogens with zero attached hydrogens (tertiary/aromatic N) is 3. The van der Waals surface area contributed by atoms with E-state index in [1.54, 1.807) is 17.7 Å². The molecule has 240 valence electrons. The number of benzene rings is 1. The normalized spacial score (nSPS) is 21.9. The SMILES string of the molecule is Cc1cc(NC(=O)[C@@H](NC(=O)c2ccnn2C(C)C)C(C2CC2)C2CC2)c(F)cc1C(C)C(=O)N1CC(O)CC1C(F)(F)F. The molecule has 3 unspecified atom stereocenters. The van der Waals surface area contributed by atoms with Gasteiger partial charge in [0.05, 0.1) is 17.7 Å². The first-order valence-electron chi connectivity index (χ1n) is 15.2. The maximum absolute atomic E-state index is 15.5. The van der Waals surface area contributed by atoms with Crippen LogP contribution in [0.1, 0.15) is 86.5 Å². The van der Waals surface area contributed by atoms with Crippen LogP contribution in [-0.2, 0) is 9.59 Å². The summed E-state index contributed by atoms with van der Waals surface area (Å²) in [5, 5.41) is 19.6. The minimum Gasteiger partial charge on any atom is -0.391 e. The van der Waals surface area contributed by atoms with Gasteiger partial charge in [0.2, 0.25) is 11.8 Å². The molecule has 1 saturated heterocycles. The molecule has 1 aromatic carbocycles. The summed E-state index contributed by atoms with van der Waals surface area (Å²) in [7, 11) is 0. The highest BCUT2D eigenvalue weighted by Crippen LogP contribution is 2.51. The lowest BCUT2D eigenvalue weighted by molar-refractivity contribution is -0.183. The Morgan fingerprint density at radius 3 is 2.27 bits per heavy atom. The predicted octanol–water partition coefficient (Wildman–Crippen LogP) is 4.71. The van der Waals surface area contributed by atoms with E-state index in [0.717, 1.165) is 31.7 Å². The van der Waals surface area contributed by atoms with E-state index >= 15 is 4.39 Å². The lowest BCUT2D eigenvalue weighted by Gasteiger charge is -2.29. The van der Waals surface area contributed by atoms with Gasteiger partial charge in [-0.05, 0) is 100 Å². The standard InChI is InChI=1S/C31H39F4N5O4/c1-15(2)40-24(9-10-36-40)28(42)38-27(26(18-5-6-18)19-7-8-19)29(43)37-23-11-16(3)21(13-22(23)32)17(4)30(44)39-14-20(41)12-25(39)31(33,34)35/h9-11,13,15,17-20,25-27,41H,5-8,12,14H2,1-4H3,(H,37,43)(H,38,42)/t17?,20?,25?,27-/m0/s1. The number of hydrogen-bond acceptors (Lipinski definition) is 5. The number of rotatable bonds is 10. The van der Waals surface area contributed by atoms with E-state index in [9.17, 15) is 32.7 Å². The van der Waals surface area contributed by atoms with Gasteiger partial charge in [0, 0.05) is 25.2 Å². The first-order valence-corrected chi connectivity index (χ1v) is 15.2. The molecule has 3 fully saturated rings. The fraction of sp³-hybridized carbons (Fsp3) is 0.613. The van der Waals surface area contributed by atoms with Crippen molar-refractivity contribution in [2.24, 2.45) is 17.8 Å².